The van der Waals surface area contributed by atoms with Crippen LogP contribution >= 0.6 is 12.8 Å². The highest BCUT2D eigenvalue weighted by Gasteiger charge is 2.20. The highest BCUT2D eigenvalue weighted by Crippen LogP contribution is 2.23. The van der Waals surface area contributed by atoms with Crippen LogP contribution in [0.25, 0.3) is 0 Å². The summed E-state index contributed by atoms with van der Waals surface area (Å²) >= 11 is 4.46. The molecule has 0 aromatic rings. The number of rotatable bonds is 2. The quantitative estimate of drug-likeness (QED) is 0.652. The third-order valence-electron chi connectivity index (χ3n) is 1.85. The number of thiol groups is 1. The summed E-state index contributed by atoms with van der Waals surface area (Å²) in [7, 11) is 0. The first kappa shape index (κ1) is 12.3. The van der Waals surface area contributed by atoms with Gasteiger partial charge in [0.2, 0.25) is 0 Å². The number of hydrogen-bond acceptors (Lipinski definition) is 2. The number of nitrogens with zero attached hydrogens (tertiary/aromatic N) is 1. The lowest BCUT2D eigenvalue weighted by Crippen LogP contribution is -2.35. The van der Waals surface area contributed by atoms with Gasteiger partial charge in [0, 0.05) is 12.1 Å². The third kappa shape index (κ3) is 5.90. The second-order valence-electron chi connectivity index (χ2n) is 5.60. The normalized spacial score (nSPS) is 14.0. The Labute approximate surface area is 83.1 Å². The Morgan fingerprint density at radius 3 is 1.67 bits per heavy atom. The van der Waals surface area contributed by atoms with Crippen molar-refractivity contribution in [2.75, 3.05) is 6.54 Å². The zero-order valence-electron chi connectivity index (χ0n) is 9.31. The Kier molecular flexibility index (Phi) is 4.12. The van der Waals surface area contributed by atoms with Crippen molar-refractivity contribution >= 4 is 12.8 Å². The molecular weight excluding hydrogens is 166 g/mol. The molecule has 0 N–H and O–H groups in total. The summed E-state index contributed by atoms with van der Waals surface area (Å²) in [6.07, 6.45) is 1.19. The van der Waals surface area contributed by atoms with Gasteiger partial charge in [0.05, 0.1) is 0 Å². The first-order valence-corrected chi connectivity index (χ1v) is 4.99. The van der Waals surface area contributed by atoms with Crippen molar-refractivity contribution in [3.05, 3.63) is 0 Å². The molecule has 0 saturated carbocycles. The van der Waals surface area contributed by atoms with Crippen LogP contribution < -0.4 is 0 Å². The van der Waals surface area contributed by atoms with Crippen LogP contribution in [0.2, 0.25) is 0 Å². The van der Waals surface area contributed by atoms with Crippen LogP contribution in [0.3, 0.4) is 0 Å². The summed E-state index contributed by atoms with van der Waals surface area (Å²) in [5.74, 6) is 0. The average Bonchev–Trinajstić information content (AvgIpc) is 1.78. The Balaban J connectivity index is 3.80. The molecule has 0 spiro atoms. The lowest BCUT2D eigenvalue weighted by Gasteiger charge is -2.32. The molecule has 0 aromatic heterocycles. The Bertz CT molecular complexity index is 130. The van der Waals surface area contributed by atoms with Gasteiger partial charge in [-0.15, -0.1) is 0 Å². The molecule has 0 amide bonds. The summed E-state index contributed by atoms with van der Waals surface area (Å²) < 4.78 is 2.11. The van der Waals surface area contributed by atoms with Gasteiger partial charge in [-0.05, 0) is 32.6 Å². The minimum atomic E-state index is 0.175. The maximum Gasteiger partial charge on any atom is 0.0226 e. The Hall–Kier alpha value is 0.310. The zero-order chi connectivity index (χ0) is 9.99. The molecule has 74 valence electrons. The summed E-state index contributed by atoms with van der Waals surface area (Å²) in [5, 5.41) is 0. The van der Waals surface area contributed by atoms with Crippen LogP contribution in [0.15, 0.2) is 0 Å². The van der Waals surface area contributed by atoms with Crippen LogP contribution in [0.1, 0.15) is 48.0 Å². The predicted octanol–water partition coefficient (Wildman–Crippen LogP) is 3.37. The van der Waals surface area contributed by atoms with E-state index in [9.17, 15) is 0 Å². The minimum absolute atomic E-state index is 0.175. The van der Waals surface area contributed by atoms with E-state index >= 15 is 0 Å². The van der Waals surface area contributed by atoms with Gasteiger partial charge >= 0.3 is 0 Å². The molecule has 2 heteroatoms. The Morgan fingerprint density at radius 2 is 1.42 bits per heavy atom. The van der Waals surface area contributed by atoms with E-state index < -0.39 is 0 Å². The van der Waals surface area contributed by atoms with E-state index in [1.165, 1.54) is 6.42 Å². The third-order valence-corrected chi connectivity index (χ3v) is 2.65. The van der Waals surface area contributed by atoms with Crippen LogP contribution in [0.4, 0.5) is 0 Å². The van der Waals surface area contributed by atoms with E-state index in [4.69, 9.17) is 0 Å². The molecule has 0 radical (unpaired) electrons. The van der Waals surface area contributed by atoms with Crippen LogP contribution in [0, 0.1) is 5.41 Å². The molecule has 0 saturated heterocycles. The lowest BCUT2D eigenvalue weighted by molar-refractivity contribution is 0.237. The lowest BCUT2D eigenvalue weighted by atomic mass is 9.92. The summed E-state index contributed by atoms with van der Waals surface area (Å²) in [6, 6.07) is 0. The van der Waals surface area contributed by atoms with Gasteiger partial charge in [0.15, 0.2) is 0 Å². The predicted molar refractivity (Wildman–Crippen MR) is 59.5 cm³/mol. The molecule has 0 aromatic carbocycles. The molecule has 0 bridgehead atoms. The monoisotopic (exact) mass is 189 g/mol. The molecule has 1 nitrogen and oxygen atoms in total. The molecule has 0 aliphatic carbocycles. The molecule has 0 heterocycles. The van der Waals surface area contributed by atoms with Crippen molar-refractivity contribution in [1.82, 2.24) is 4.31 Å². The van der Waals surface area contributed by atoms with E-state index in [2.05, 4.69) is 58.7 Å². The largest absolute Gasteiger partial charge is 0.248 e. The van der Waals surface area contributed by atoms with Gasteiger partial charge in [0.1, 0.15) is 0 Å². The van der Waals surface area contributed by atoms with Gasteiger partial charge in [-0.2, -0.15) is 0 Å². The van der Waals surface area contributed by atoms with Gasteiger partial charge in [-0.25, -0.2) is 4.31 Å². The second-order valence-corrected chi connectivity index (χ2v) is 6.09. The van der Waals surface area contributed by atoms with Gasteiger partial charge in [-0.3, -0.25) is 0 Å². The second kappa shape index (κ2) is 4.01. The highest BCUT2D eigenvalue weighted by atomic mass is 32.1. The number of hydrogen-bond donors (Lipinski definition) is 1. The molecule has 0 atom stereocenters. The summed E-state index contributed by atoms with van der Waals surface area (Å²) in [4.78, 5) is 0. The van der Waals surface area contributed by atoms with Crippen molar-refractivity contribution in [3.8, 4) is 0 Å². The van der Waals surface area contributed by atoms with Crippen molar-refractivity contribution in [3.63, 3.8) is 0 Å². The van der Waals surface area contributed by atoms with Crippen molar-refractivity contribution in [2.24, 2.45) is 5.41 Å². The fourth-order valence-corrected chi connectivity index (χ4v) is 0.877. The average molecular weight is 189 g/mol. The van der Waals surface area contributed by atoms with Gasteiger partial charge in [0.25, 0.3) is 0 Å². The van der Waals surface area contributed by atoms with Crippen LogP contribution in [-0.2, 0) is 0 Å². The van der Waals surface area contributed by atoms with E-state index in [1.54, 1.807) is 0 Å². The van der Waals surface area contributed by atoms with E-state index in [0.717, 1.165) is 6.54 Å². The van der Waals surface area contributed by atoms with Crippen LogP contribution in [0.5, 0.6) is 0 Å². The molecule has 0 rings (SSSR count). The molecule has 0 unspecified atom stereocenters. The van der Waals surface area contributed by atoms with E-state index in [1.807, 2.05) is 0 Å². The minimum Gasteiger partial charge on any atom is -0.248 e. The molecular formula is C10H23NS. The fourth-order valence-electron chi connectivity index (χ4n) is 0.777. The molecule has 12 heavy (non-hydrogen) atoms. The van der Waals surface area contributed by atoms with Gasteiger partial charge in [-0.1, -0.05) is 33.6 Å². The Morgan fingerprint density at radius 1 is 1.00 bits per heavy atom. The molecule has 0 aliphatic rings. The van der Waals surface area contributed by atoms with Crippen molar-refractivity contribution < 1.29 is 0 Å². The fraction of sp³-hybridized carbons (Fsp3) is 1.00. The molecule has 0 aliphatic heterocycles. The summed E-state index contributed by atoms with van der Waals surface area (Å²) in [5.41, 5.74) is 0.584. The van der Waals surface area contributed by atoms with Gasteiger partial charge < -0.3 is 0 Å². The van der Waals surface area contributed by atoms with E-state index in [-0.39, 0.29) is 5.54 Å². The first-order chi connectivity index (χ1) is 5.13. The van der Waals surface area contributed by atoms with Crippen molar-refractivity contribution in [1.29, 1.82) is 0 Å². The first-order valence-electron chi connectivity index (χ1n) is 4.59. The standard InChI is InChI=1S/C10H23NS/c1-9(2,3)7-8-11(12)10(4,5)6/h12H,7-8H2,1-6H3. The maximum atomic E-state index is 4.46. The SMILES string of the molecule is CC(C)(C)CCN(S)C(C)(C)C. The highest BCUT2D eigenvalue weighted by molar-refractivity contribution is 7.77. The van der Waals surface area contributed by atoms with Crippen LogP contribution in [-0.4, -0.2) is 16.4 Å². The maximum absolute atomic E-state index is 4.46. The van der Waals surface area contributed by atoms with Crippen molar-refractivity contribution in [2.45, 2.75) is 53.5 Å². The summed E-state index contributed by atoms with van der Waals surface area (Å²) in [6.45, 7) is 14.4. The zero-order valence-corrected chi connectivity index (χ0v) is 10.2. The van der Waals surface area contributed by atoms with E-state index in [0.29, 0.717) is 5.41 Å². The smallest absolute Gasteiger partial charge is 0.0226 e. The molecule has 0 fully saturated rings. The topological polar surface area (TPSA) is 3.24 Å².